The fourth-order valence-corrected chi connectivity index (χ4v) is 1.68. The fourth-order valence-electron chi connectivity index (χ4n) is 1.28. The Morgan fingerprint density at radius 1 is 1.64 bits per heavy atom. The fraction of sp³-hybridized carbons (Fsp3) is 0.111. The summed E-state index contributed by atoms with van der Waals surface area (Å²) in [5, 5.41) is 8.61. The molecule has 0 saturated carbocycles. The standard InChI is InChI=1S/C9H7BrN2O2/c10-7-5-11-8-3-6(4-9(13)14)1-2-12(7)8/h1-3,5H,4H2,(H,13,14). The van der Waals surface area contributed by atoms with Gasteiger partial charge in [-0.25, -0.2) is 4.98 Å². The molecule has 4 nitrogen and oxygen atoms in total. The lowest BCUT2D eigenvalue weighted by molar-refractivity contribution is -0.136. The summed E-state index contributed by atoms with van der Waals surface area (Å²) >= 11 is 3.33. The Bertz CT molecular complexity index is 493. The lowest BCUT2D eigenvalue weighted by Crippen LogP contribution is -2.00. The molecule has 0 amide bonds. The van der Waals surface area contributed by atoms with Crippen LogP contribution >= 0.6 is 15.9 Å². The number of carbonyl (C=O) groups is 1. The van der Waals surface area contributed by atoms with Crippen LogP contribution in [0.2, 0.25) is 0 Å². The average molecular weight is 255 g/mol. The third kappa shape index (κ3) is 1.63. The number of pyridine rings is 1. The summed E-state index contributed by atoms with van der Waals surface area (Å²) in [7, 11) is 0. The van der Waals surface area contributed by atoms with E-state index in [1.807, 2.05) is 4.40 Å². The zero-order valence-corrected chi connectivity index (χ0v) is 8.73. The van der Waals surface area contributed by atoms with Crippen LogP contribution in [0.25, 0.3) is 5.65 Å². The van der Waals surface area contributed by atoms with E-state index < -0.39 is 5.97 Å². The van der Waals surface area contributed by atoms with E-state index in [1.165, 1.54) is 0 Å². The summed E-state index contributed by atoms with van der Waals surface area (Å²) in [5.41, 5.74) is 1.50. The molecule has 0 fully saturated rings. The van der Waals surface area contributed by atoms with E-state index in [1.54, 1.807) is 24.5 Å². The highest BCUT2D eigenvalue weighted by Gasteiger charge is 2.04. The van der Waals surface area contributed by atoms with Crippen molar-refractivity contribution < 1.29 is 9.90 Å². The van der Waals surface area contributed by atoms with Crippen LogP contribution in [-0.2, 0) is 11.2 Å². The van der Waals surface area contributed by atoms with Crippen molar-refractivity contribution in [2.45, 2.75) is 6.42 Å². The van der Waals surface area contributed by atoms with Crippen molar-refractivity contribution in [3.8, 4) is 0 Å². The van der Waals surface area contributed by atoms with E-state index in [2.05, 4.69) is 20.9 Å². The smallest absolute Gasteiger partial charge is 0.307 e. The molecule has 5 heteroatoms. The van der Waals surface area contributed by atoms with Gasteiger partial charge in [-0.2, -0.15) is 0 Å². The second kappa shape index (κ2) is 3.42. The molecule has 72 valence electrons. The highest BCUT2D eigenvalue weighted by atomic mass is 79.9. The summed E-state index contributed by atoms with van der Waals surface area (Å²) in [4.78, 5) is 14.6. The summed E-state index contributed by atoms with van der Waals surface area (Å²) in [6.07, 6.45) is 3.51. The van der Waals surface area contributed by atoms with Crippen molar-refractivity contribution in [2.24, 2.45) is 0 Å². The van der Waals surface area contributed by atoms with Gasteiger partial charge in [0.05, 0.1) is 12.6 Å². The number of rotatable bonds is 2. The van der Waals surface area contributed by atoms with Crippen molar-refractivity contribution in [2.75, 3.05) is 0 Å². The Morgan fingerprint density at radius 3 is 3.14 bits per heavy atom. The molecule has 14 heavy (non-hydrogen) atoms. The van der Waals surface area contributed by atoms with Crippen LogP contribution in [0.4, 0.5) is 0 Å². The van der Waals surface area contributed by atoms with Gasteiger partial charge in [0, 0.05) is 6.20 Å². The molecule has 0 bridgehead atoms. The van der Waals surface area contributed by atoms with E-state index in [9.17, 15) is 4.79 Å². The van der Waals surface area contributed by atoms with Crippen molar-refractivity contribution in [1.82, 2.24) is 9.38 Å². The molecule has 0 aromatic carbocycles. The maximum absolute atomic E-state index is 10.5. The first kappa shape index (κ1) is 9.21. The first-order valence-corrected chi connectivity index (χ1v) is 4.79. The van der Waals surface area contributed by atoms with Crippen LogP contribution in [0.1, 0.15) is 5.56 Å². The average Bonchev–Trinajstić information content (AvgIpc) is 2.46. The number of imidazole rings is 1. The molecule has 1 N–H and O–H groups in total. The van der Waals surface area contributed by atoms with Gasteiger partial charge in [-0.15, -0.1) is 0 Å². The number of nitrogens with zero attached hydrogens (tertiary/aromatic N) is 2. The number of carboxylic acid groups (broad SMARTS) is 1. The number of halogens is 1. The topological polar surface area (TPSA) is 54.6 Å². The molecule has 0 saturated heterocycles. The normalized spacial score (nSPS) is 10.6. The van der Waals surface area contributed by atoms with Gasteiger partial charge in [-0.05, 0) is 33.6 Å². The third-order valence-electron chi connectivity index (χ3n) is 1.89. The maximum Gasteiger partial charge on any atom is 0.307 e. The number of aliphatic carboxylic acids is 1. The molecule has 2 heterocycles. The van der Waals surface area contributed by atoms with Gasteiger partial charge >= 0.3 is 5.97 Å². The van der Waals surface area contributed by atoms with Crippen molar-refractivity contribution >= 4 is 27.5 Å². The molecule has 2 rings (SSSR count). The first-order valence-electron chi connectivity index (χ1n) is 4.00. The second-order valence-corrected chi connectivity index (χ2v) is 3.73. The lowest BCUT2D eigenvalue weighted by Gasteiger charge is -1.98. The highest BCUT2D eigenvalue weighted by molar-refractivity contribution is 9.10. The number of hydrogen-bond donors (Lipinski definition) is 1. The quantitative estimate of drug-likeness (QED) is 0.888. The van der Waals surface area contributed by atoms with E-state index >= 15 is 0 Å². The molecule has 2 aromatic heterocycles. The van der Waals surface area contributed by atoms with E-state index in [0.717, 1.165) is 15.8 Å². The lowest BCUT2D eigenvalue weighted by atomic mass is 10.2. The van der Waals surface area contributed by atoms with Gasteiger partial charge in [0.25, 0.3) is 0 Å². The molecule has 2 aromatic rings. The van der Waals surface area contributed by atoms with Gasteiger partial charge in [-0.1, -0.05) is 0 Å². The van der Waals surface area contributed by atoms with Crippen molar-refractivity contribution in [3.05, 3.63) is 34.7 Å². The monoisotopic (exact) mass is 254 g/mol. The molecule has 0 unspecified atom stereocenters. The van der Waals surface area contributed by atoms with E-state index in [4.69, 9.17) is 5.11 Å². The first-order chi connectivity index (χ1) is 6.66. The number of carboxylic acids is 1. The minimum absolute atomic E-state index is 0.0287. The van der Waals surface area contributed by atoms with Crippen LogP contribution in [0.5, 0.6) is 0 Å². The SMILES string of the molecule is O=C(O)Cc1ccn2c(Br)cnc2c1. The van der Waals surface area contributed by atoms with Crippen LogP contribution in [0.3, 0.4) is 0 Å². The van der Waals surface area contributed by atoms with Crippen molar-refractivity contribution in [3.63, 3.8) is 0 Å². The molecule has 0 aliphatic rings. The maximum atomic E-state index is 10.5. The minimum atomic E-state index is -0.833. The number of fused-ring (bicyclic) bond motifs is 1. The second-order valence-electron chi connectivity index (χ2n) is 2.91. The molecule has 0 spiro atoms. The van der Waals surface area contributed by atoms with Gasteiger partial charge in [0.2, 0.25) is 0 Å². The Hall–Kier alpha value is -1.36. The Labute approximate surface area is 88.3 Å². The largest absolute Gasteiger partial charge is 0.481 e. The van der Waals surface area contributed by atoms with E-state index in [-0.39, 0.29) is 6.42 Å². The number of aromatic nitrogens is 2. The predicted molar refractivity (Wildman–Crippen MR) is 54.2 cm³/mol. The summed E-state index contributed by atoms with van der Waals surface area (Å²) < 4.78 is 2.69. The minimum Gasteiger partial charge on any atom is -0.481 e. The van der Waals surface area contributed by atoms with Gasteiger partial charge in [0.1, 0.15) is 10.3 Å². The van der Waals surface area contributed by atoms with Gasteiger partial charge in [-0.3, -0.25) is 9.20 Å². The Kier molecular flexibility index (Phi) is 2.25. The Morgan fingerprint density at radius 2 is 2.43 bits per heavy atom. The number of hydrogen-bond acceptors (Lipinski definition) is 2. The predicted octanol–water partition coefficient (Wildman–Crippen LogP) is 1.72. The molecule has 0 atom stereocenters. The van der Waals surface area contributed by atoms with Crippen molar-refractivity contribution in [1.29, 1.82) is 0 Å². The molecular formula is C9H7BrN2O2. The Balaban J connectivity index is 2.46. The molecular weight excluding hydrogens is 248 g/mol. The van der Waals surface area contributed by atoms with Gasteiger partial charge in [0.15, 0.2) is 0 Å². The zero-order chi connectivity index (χ0) is 10.1. The highest BCUT2D eigenvalue weighted by Crippen LogP contribution is 2.14. The van der Waals surface area contributed by atoms with E-state index in [0.29, 0.717) is 0 Å². The van der Waals surface area contributed by atoms with Crippen LogP contribution in [-0.4, -0.2) is 20.5 Å². The molecule has 0 aliphatic heterocycles. The summed E-state index contributed by atoms with van der Waals surface area (Å²) in [6.45, 7) is 0. The van der Waals surface area contributed by atoms with Crippen LogP contribution < -0.4 is 0 Å². The molecule has 0 aliphatic carbocycles. The summed E-state index contributed by atoms with van der Waals surface area (Å²) in [6, 6.07) is 3.53. The van der Waals surface area contributed by atoms with Crippen LogP contribution in [0.15, 0.2) is 29.1 Å². The van der Waals surface area contributed by atoms with Crippen LogP contribution in [0, 0.1) is 0 Å². The third-order valence-corrected chi connectivity index (χ3v) is 2.47. The zero-order valence-electron chi connectivity index (χ0n) is 7.14. The molecule has 0 radical (unpaired) electrons. The summed E-state index contributed by atoms with van der Waals surface area (Å²) in [5.74, 6) is -0.833. The van der Waals surface area contributed by atoms with Gasteiger partial charge < -0.3 is 5.11 Å².